The molecule has 0 N–H and O–H groups in total. The molecular formula is C16H21N3O4. The van der Waals surface area contributed by atoms with Crippen molar-refractivity contribution in [1.29, 1.82) is 0 Å². The van der Waals surface area contributed by atoms with Crippen LogP contribution in [0.2, 0.25) is 0 Å². The van der Waals surface area contributed by atoms with Gasteiger partial charge < -0.3 is 18.6 Å². The highest BCUT2D eigenvalue weighted by atomic mass is 16.5. The predicted octanol–water partition coefficient (Wildman–Crippen LogP) is 2.45. The van der Waals surface area contributed by atoms with Gasteiger partial charge in [-0.2, -0.15) is 4.98 Å². The molecule has 0 radical (unpaired) electrons. The molecule has 0 unspecified atom stereocenters. The van der Waals surface area contributed by atoms with Crippen LogP contribution in [0.5, 0.6) is 0 Å². The number of amides is 1. The molecular weight excluding hydrogens is 298 g/mol. The van der Waals surface area contributed by atoms with Gasteiger partial charge in [-0.1, -0.05) is 5.16 Å². The zero-order valence-electron chi connectivity index (χ0n) is 13.7. The average molecular weight is 319 g/mol. The number of hydrogen-bond donors (Lipinski definition) is 0. The number of aryl methyl sites for hydroxylation is 2. The van der Waals surface area contributed by atoms with Crippen LogP contribution in [0.25, 0.3) is 0 Å². The summed E-state index contributed by atoms with van der Waals surface area (Å²) in [7, 11) is 1.60. The van der Waals surface area contributed by atoms with Gasteiger partial charge >= 0.3 is 0 Å². The molecule has 1 aliphatic heterocycles. The smallest absolute Gasteiger partial charge is 0.257 e. The maximum Gasteiger partial charge on any atom is 0.257 e. The van der Waals surface area contributed by atoms with Gasteiger partial charge in [-0.05, 0) is 25.8 Å². The standard InChI is InChI=1S/C16H21N3O4/c1-10-14(7-13(22-10)9-21-3)16(20)19-6-4-5-12(8-19)15-17-11(2)23-18-15/h7,12H,4-6,8-9H2,1-3H3/t12-/m1/s1. The van der Waals surface area contributed by atoms with Gasteiger partial charge in [0, 0.05) is 33.0 Å². The van der Waals surface area contributed by atoms with Crippen LogP contribution >= 0.6 is 0 Å². The van der Waals surface area contributed by atoms with Gasteiger partial charge in [0.2, 0.25) is 5.89 Å². The van der Waals surface area contributed by atoms with Gasteiger partial charge in [0.1, 0.15) is 18.1 Å². The summed E-state index contributed by atoms with van der Waals surface area (Å²) in [5.74, 6) is 2.63. The van der Waals surface area contributed by atoms with E-state index >= 15 is 0 Å². The Morgan fingerprint density at radius 1 is 1.48 bits per heavy atom. The number of hydrogen-bond acceptors (Lipinski definition) is 6. The molecule has 0 saturated carbocycles. The fraction of sp³-hybridized carbons (Fsp3) is 0.562. The second-order valence-electron chi connectivity index (χ2n) is 5.88. The lowest BCUT2D eigenvalue weighted by atomic mass is 9.96. The van der Waals surface area contributed by atoms with Crippen molar-refractivity contribution in [1.82, 2.24) is 15.0 Å². The quantitative estimate of drug-likeness (QED) is 0.861. The predicted molar refractivity (Wildman–Crippen MR) is 81.1 cm³/mol. The summed E-state index contributed by atoms with van der Waals surface area (Å²) in [5.41, 5.74) is 0.599. The van der Waals surface area contributed by atoms with Crippen LogP contribution < -0.4 is 0 Å². The molecule has 1 atom stereocenters. The number of likely N-dealkylation sites (tertiary alicyclic amines) is 1. The van der Waals surface area contributed by atoms with Gasteiger partial charge in [-0.3, -0.25) is 4.79 Å². The number of ether oxygens (including phenoxy) is 1. The molecule has 0 spiro atoms. The van der Waals surface area contributed by atoms with Crippen molar-refractivity contribution < 1.29 is 18.5 Å². The molecule has 3 heterocycles. The fourth-order valence-corrected chi connectivity index (χ4v) is 2.99. The Hall–Kier alpha value is -2.15. The number of aromatic nitrogens is 2. The topological polar surface area (TPSA) is 81.6 Å². The summed E-state index contributed by atoms with van der Waals surface area (Å²) in [4.78, 5) is 18.9. The Morgan fingerprint density at radius 2 is 2.30 bits per heavy atom. The van der Waals surface area contributed by atoms with Crippen molar-refractivity contribution in [3.63, 3.8) is 0 Å². The molecule has 7 heteroatoms. The zero-order chi connectivity index (χ0) is 16.4. The maximum absolute atomic E-state index is 12.8. The summed E-state index contributed by atoms with van der Waals surface area (Å²) in [5, 5.41) is 3.99. The first-order valence-electron chi connectivity index (χ1n) is 7.76. The van der Waals surface area contributed by atoms with Crippen molar-refractivity contribution in [3.05, 3.63) is 34.9 Å². The van der Waals surface area contributed by atoms with E-state index in [2.05, 4.69) is 10.1 Å². The van der Waals surface area contributed by atoms with E-state index in [1.54, 1.807) is 27.0 Å². The molecule has 1 fully saturated rings. The Kier molecular flexibility index (Phi) is 4.47. The minimum atomic E-state index is -0.0153. The summed E-state index contributed by atoms with van der Waals surface area (Å²) in [6.45, 7) is 5.27. The third kappa shape index (κ3) is 3.29. The SMILES string of the molecule is COCc1cc(C(=O)N2CCC[C@@H](c3noc(C)n3)C2)c(C)o1. The fourth-order valence-electron chi connectivity index (χ4n) is 2.99. The van der Waals surface area contributed by atoms with Crippen LogP contribution in [0.4, 0.5) is 0 Å². The monoisotopic (exact) mass is 319 g/mol. The minimum absolute atomic E-state index is 0.0153. The third-order valence-electron chi connectivity index (χ3n) is 4.10. The Balaban J connectivity index is 1.74. The highest BCUT2D eigenvalue weighted by Gasteiger charge is 2.29. The molecule has 3 rings (SSSR count). The van der Waals surface area contributed by atoms with Gasteiger partial charge in [0.15, 0.2) is 5.82 Å². The van der Waals surface area contributed by atoms with E-state index in [0.717, 1.165) is 19.4 Å². The molecule has 124 valence electrons. The molecule has 1 amide bonds. The second-order valence-corrected chi connectivity index (χ2v) is 5.88. The number of carbonyl (C=O) groups excluding carboxylic acids is 1. The molecule has 1 saturated heterocycles. The lowest BCUT2D eigenvalue weighted by Gasteiger charge is -2.31. The van der Waals surface area contributed by atoms with Crippen LogP contribution in [0.1, 0.15) is 52.4 Å². The number of methoxy groups -OCH3 is 1. The van der Waals surface area contributed by atoms with Crippen LogP contribution in [0.3, 0.4) is 0 Å². The summed E-state index contributed by atoms with van der Waals surface area (Å²) in [6, 6.07) is 1.77. The first kappa shape index (κ1) is 15.7. The number of carbonyl (C=O) groups is 1. The molecule has 2 aromatic rings. The first-order valence-corrected chi connectivity index (χ1v) is 7.76. The summed E-state index contributed by atoms with van der Waals surface area (Å²) >= 11 is 0. The Labute approximate surface area is 134 Å². The largest absolute Gasteiger partial charge is 0.463 e. The van der Waals surface area contributed by atoms with Crippen LogP contribution in [-0.2, 0) is 11.3 Å². The second kappa shape index (κ2) is 6.54. The Morgan fingerprint density at radius 3 is 3.00 bits per heavy atom. The number of furan rings is 1. The normalized spacial score (nSPS) is 18.4. The van der Waals surface area contributed by atoms with E-state index < -0.39 is 0 Å². The number of piperidine rings is 1. The summed E-state index contributed by atoms with van der Waals surface area (Å²) in [6.07, 6.45) is 1.88. The van der Waals surface area contributed by atoms with Gasteiger partial charge in [0.05, 0.1) is 5.56 Å². The average Bonchev–Trinajstić information content (AvgIpc) is 3.13. The number of nitrogens with zero attached hydrogens (tertiary/aromatic N) is 3. The molecule has 1 aliphatic rings. The van der Waals surface area contributed by atoms with Gasteiger partial charge in [0.25, 0.3) is 5.91 Å². The molecule has 7 nitrogen and oxygen atoms in total. The zero-order valence-corrected chi connectivity index (χ0v) is 13.7. The van der Waals surface area contributed by atoms with Crippen molar-refractivity contribution >= 4 is 5.91 Å². The van der Waals surface area contributed by atoms with E-state index in [1.165, 1.54) is 0 Å². The van der Waals surface area contributed by atoms with E-state index in [-0.39, 0.29) is 11.8 Å². The van der Waals surface area contributed by atoms with Gasteiger partial charge in [-0.15, -0.1) is 0 Å². The van der Waals surface area contributed by atoms with Crippen molar-refractivity contribution in [2.45, 2.75) is 39.2 Å². The third-order valence-corrected chi connectivity index (χ3v) is 4.10. The molecule has 0 bridgehead atoms. The van der Waals surface area contributed by atoms with Crippen molar-refractivity contribution in [2.75, 3.05) is 20.2 Å². The van der Waals surface area contributed by atoms with Crippen LogP contribution in [0.15, 0.2) is 15.0 Å². The molecule has 23 heavy (non-hydrogen) atoms. The summed E-state index contributed by atoms with van der Waals surface area (Å²) < 4.78 is 15.7. The first-order chi connectivity index (χ1) is 11.1. The highest BCUT2D eigenvalue weighted by Crippen LogP contribution is 2.27. The van der Waals surface area contributed by atoms with E-state index in [0.29, 0.717) is 42.0 Å². The van der Waals surface area contributed by atoms with Crippen molar-refractivity contribution in [2.24, 2.45) is 0 Å². The lowest BCUT2D eigenvalue weighted by molar-refractivity contribution is 0.0702. The van der Waals surface area contributed by atoms with E-state index in [9.17, 15) is 4.79 Å². The van der Waals surface area contributed by atoms with E-state index in [1.807, 2.05) is 4.90 Å². The highest BCUT2D eigenvalue weighted by molar-refractivity contribution is 5.95. The molecule has 2 aromatic heterocycles. The van der Waals surface area contributed by atoms with E-state index in [4.69, 9.17) is 13.7 Å². The minimum Gasteiger partial charge on any atom is -0.463 e. The maximum atomic E-state index is 12.8. The Bertz CT molecular complexity index is 691. The van der Waals surface area contributed by atoms with Crippen molar-refractivity contribution in [3.8, 4) is 0 Å². The van der Waals surface area contributed by atoms with Gasteiger partial charge in [-0.25, -0.2) is 0 Å². The molecule has 0 aromatic carbocycles. The number of rotatable bonds is 4. The van der Waals surface area contributed by atoms with Crippen LogP contribution in [0, 0.1) is 13.8 Å². The lowest BCUT2D eigenvalue weighted by Crippen LogP contribution is -2.39. The van der Waals surface area contributed by atoms with Crippen LogP contribution in [-0.4, -0.2) is 41.1 Å². The molecule has 0 aliphatic carbocycles.